The Morgan fingerprint density at radius 2 is 1.68 bits per heavy atom. The summed E-state index contributed by atoms with van der Waals surface area (Å²) in [6.07, 6.45) is 2.03. The minimum Gasteiger partial charge on any atom is -0.383 e. The molecule has 0 saturated heterocycles. The summed E-state index contributed by atoms with van der Waals surface area (Å²) in [5.41, 5.74) is 2.26. The van der Waals surface area contributed by atoms with Crippen LogP contribution >= 0.6 is 24.0 Å². The summed E-state index contributed by atoms with van der Waals surface area (Å²) in [7, 11) is -1.99. The second kappa shape index (κ2) is 15.2. The van der Waals surface area contributed by atoms with Gasteiger partial charge in [0.2, 0.25) is 10.0 Å². The molecule has 2 aromatic carbocycles. The smallest absolute Gasteiger partial charge is 0.240 e. The van der Waals surface area contributed by atoms with Crippen molar-refractivity contribution in [2.75, 3.05) is 33.4 Å². The second-order valence-electron chi connectivity index (χ2n) is 6.75. The fourth-order valence-electron chi connectivity index (χ4n) is 2.79. The Morgan fingerprint density at radius 3 is 2.32 bits per heavy atom. The largest absolute Gasteiger partial charge is 0.383 e. The normalized spacial score (nSPS) is 11.6. The number of halogens is 1. The molecular weight excluding hydrogens is 527 g/mol. The number of methoxy groups -OCH3 is 1. The Hall–Kier alpha value is -1.69. The van der Waals surface area contributed by atoms with E-state index in [-0.39, 0.29) is 35.4 Å². The fraction of sp³-hybridized carbons (Fsp3) is 0.409. The Kier molecular flexibility index (Phi) is 13.4. The SMILES string of the molecule is CCNC(=NCc1ccc(S(=O)(=O)NCCOC)cc1)NCCCc1ccccc1.I. The standard InChI is InChI=1S/C22H32N4O3S.HI/c1-3-23-22(24-15-7-10-19-8-5-4-6-9-19)25-18-20-11-13-21(14-12-20)30(27,28)26-16-17-29-2;/h4-6,8-9,11-14,26H,3,7,10,15-18H2,1-2H3,(H2,23,24,25);1H. The van der Waals surface area contributed by atoms with E-state index in [1.54, 1.807) is 24.3 Å². The maximum Gasteiger partial charge on any atom is 0.240 e. The van der Waals surface area contributed by atoms with Crippen molar-refractivity contribution in [1.82, 2.24) is 15.4 Å². The van der Waals surface area contributed by atoms with E-state index in [1.165, 1.54) is 12.7 Å². The van der Waals surface area contributed by atoms with Gasteiger partial charge in [0.1, 0.15) is 0 Å². The van der Waals surface area contributed by atoms with Gasteiger partial charge in [0.25, 0.3) is 0 Å². The first-order valence-corrected chi connectivity index (χ1v) is 11.7. The minimum absolute atomic E-state index is 0. The van der Waals surface area contributed by atoms with Crippen LogP contribution in [0.5, 0.6) is 0 Å². The van der Waals surface area contributed by atoms with Gasteiger partial charge in [-0.15, -0.1) is 24.0 Å². The third-order valence-corrected chi connectivity index (χ3v) is 5.85. The maximum atomic E-state index is 12.2. The highest BCUT2D eigenvalue weighted by atomic mass is 127. The van der Waals surface area contributed by atoms with Crippen molar-refractivity contribution in [3.63, 3.8) is 0 Å². The van der Waals surface area contributed by atoms with Gasteiger partial charge in [0, 0.05) is 26.7 Å². The molecule has 2 aromatic rings. The van der Waals surface area contributed by atoms with Gasteiger partial charge in [-0.1, -0.05) is 42.5 Å². The number of sulfonamides is 1. The number of hydrogen-bond donors (Lipinski definition) is 3. The number of ether oxygens (including phenoxy) is 1. The van der Waals surface area contributed by atoms with E-state index in [0.717, 1.165) is 37.5 Å². The number of rotatable bonds is 12. The quantitative estimate of drug-likeness (QED) is 0.161. The Labute approximate surface area is 203 Å². The highest BCUT2D eigenvalue weighted by molar-refractivity contribution is 14.0. The molecule has 0 aliphatic carbocycles. The fourth-order valence-corrected chi connectivity index (χ4v) is 3.80. The summed E-state index contributed by atoms with van der Waals surface area (Å²) in [5.74, 6) is 0.753. The average molecular weight is 561 g/mol. The molecule has 2 rings (SSSR count). The monoisotopic (exact) mass is 560 g/mol. The van der Waals surface area contributed by atoms with Crippen LogP contribution in [-0.2, 0) is 27.7 Å². The molecule has 0 saturated carbocycles. The summed E-state index contributed by atoms with van der Waals surface area (Å²) < 4.78 is 31.8. The van der Waals surface area contributed by atoms with Crippen LogP contribution in [0.3, 0.4) is 0 Å². The molecule has 0 amide bonds. The molecule has 0 fully saturated rings. The third-order valence-electron chi connectivity index (χ3n) is 4.37. The van der Waals surface area contributed by atoms with E-state index in [1.807, 2.05) is 13.0 Å². The number of aliphatic imine (C=N–C) groups is 1. The van der Waals surface area contributed by atoms with Crippen LogP contribution in [0.15, 0.2) is 64.5 Å². The van der Waals surface area contributed by atoms with Crippen molar-refractivity contribution in [3.05, 3.63) is 65.7 Å². The van der Waals surface area contributed by atoms with Crippen molar-refractivity contribution in [2.45, 2.75) is 31.2 Å². The molecule has 0 heterocycles. The van der Waals surface area contributed by atoms with Gasteiger partial charge in [0.15, 0.2) is 5.96 Å². The van der Waals surface area contributed by atoms with Crippen LogP contribution in [-0.4, -0.2) is 47.7 Å². The number of nitrogens with zero attached hydrogens (tertiary/aromatic N) is 1. The highest BCUT2D eigenvalue weighted by Gasteiger charge is 2.12. The zero-order valence-corrected chi connectivity index (χ0v) is 21.3. The van der Waals surface area contributed by atoms with Crippen LogP contribution in [0.1, 0.15) is 24.5 Å². The molecule has 3 N–H and O–H groups in total. The number of benzene rings is 2. The first kappa shape index (κ1) is 27.3. The number of hydrogen-bond acceptors (Lipinski definition) is 4. The Balaban J connectivity index is 0.00000480. The van der Waals surface area contributed by atoms with Crippen LogP contribution in [0.4, 0.5) is 0 Å². The molecule has 172 valence electrons. The van der Waals surface area contributed by atoms with Gasteiger partial charge in [0.05, 0.1) is 18.0 Å². The molecule has 0 aliphatic rings. The van der Waals surface area contributed by atoms with Crippen molar-refractivity contribution in [1.29, 1.82) is 0 Å². The van der Waals surface area contributed by atoms with Crippen molar-refractivity contribution in [3.8, 4) is 0 Å². The van der Waals surface area contributed by atoms with Gasteiger partial charge in [-0.05, 0) is 43.0 Å². The molecule has 31 heavy (non-hydrogen) atoms. The Bertz CT molecular complexity index is 875. The molecule has 9 heteroatoms. The van der Waals surface area contributed by atoms with Crippen LogP contribution in [0.2, 0.25) is 0 Å². The number of aryl methyl sites for hydroxylation is 1. The van der Waals surface area contributed by atoms with Crippen LogP contribution in [0.25, 0.3) is 0 Å². The third kappa shape index (κ3) is 10.4. The summed E-state index contributed by atoms with van der Waals surface area (Å²) >= 11 is 0. The molecule has 0 bridgehead atoms. The Morgan fingerprint density at radius 1 is 0.968 bits per heavy atom. The van der Waals surface area contributed by atoms with Gasteiger partial charge in [-0.25, -0.2) is 18.1 Å². The lowest BCUT2D eigenvalue weighted by atomic mass is 10.1. The lowest BCUT2D eigenvalue weighted by Gasteiger charge is -2.11. The summed E-state index contributed by atoms with van der Waals surface area (Å²) in [6.45, 7) is 4.66. The molecular formula is C22H33IN4O3S. The lowest BCUT2D eigenvalue weighted by Crippen LogP contribution is -2.37. The molecule has 0 spiro atoms. The van der Waals surface area contributed by atoms with Crippen LogP contribution < -0.4 is 15.4 Å². The van der Waals surface area contributed by atoms with E-state index in [0.29, 0.717) is 13.2 Å². The molecule has 0 unspecified atom stereocenters. The van der Waals surface area contributed by atoms with Gasteiger partial charge in [-0.3, -0.25) is 0 Å². The molecule has 7 nitrogen and oxygen atoms in total. The second-order valence-corrected chi connectivity index (χ2v) is 8.51. The molecule has 0 atom stereocenters. The first-order valence-electron chi connectivity index (χ1n) is 10.2. The van der Waals surface area contributed by atoms with E-state index in [4.69, 9.17) is 4.74 Å². The minimum atomic E-state index is -3.52. The number of guanidine groups is 1. The lowest BCUT2D eigenvalue weighted by molar-refractivity contribution is 0.204. The van der Waals surface area contributed by atoms with Crippen molar-refractivity contribution < 1.29 is 13.2 Å². The molecule has 0 aromatic heterocycles. The maximum absolute atomic E-state index is 12.2. The van der Waals surface area contributed by atoms with E-state index in [2.05, 4.69) is 44.6 Å². The average Bonchev–Trinajstić information content (AvgIpc) is 2.76. The summed E-state index contributed by atoms with van der Waals surface area (Å²) in [5, 5.41) is 6.58. The zero-order chi connectivity index (χ0) is 21.7. The van der Waals surface area contributed by atoms with Crippen molar-refractivity contribution >= 4 is 40.0 Å². The summed E-state index contributed by atoms with van der Waals surface area (Å²) in [6, 6.07) is 17.2. The predicted molar refractivity (Wildman–Crippen MR) is 137 cm³/mol. The van der Waals surface area contributed by atoms with E-state index < -0.39 is 10.0 Å². The van der Waals surface area contributed by atoms with Gasteiger partial charge >= 0.3 is 0 Å². The molecule has 0 aliphatic heterocycles. The summed E-state index contributed by atoms with van der Waals surface area (Å²) in [4.78, 5) is 4.83. The van der Waals surface area contributed by atoms with Crippen LogP contribution in [0, 0.1) is 0 Å². The van der Waals surface area contributed by atoms with Gasteiger partial charge < -0.3 is 15.4 Å². The van der Waals surface area contributed by atoms with Crippen molar-refractivity contribution in [2.24, 2.45) is 4.99 Å². The zero-order valence-electron chi connectivity index (χ0n) is 18.1. The molecule has 0 radical (unpaired) electrons. The van der Waals surface area contributed by atoms with Gasteiger partial charge in [-0.2, -0.15) is 0 Å². The number of nitrogens with one attached hydrogen (secondary N) is 3. The van der Waals surface area contributed by atoms with E-state index >= 15 is 0 Å². The highest BCUT2D eigenvalue weighted by Crippen LogP contribution is 2.11. The first-order chi connectivity index (χ1) is 14.5. The van der Waals surface area contributed by atoms with E-state index in [9.17, 15) is 8.42 Å². The predicted octanol–water partition coefficient (Wildman–Crippen LogP) is 2.92. The topological polar surface area (TPSA) is 91.8 Å².